The molecule has 0 bridgehead atoms. The van der Waals surface area contributed by atoms with Crippen molar-refractivity contribution in [3.05, 3.63) is 16.2 Å². The summed E-state index contributed by atoms with van der Waals surface area (Å²) in [5, 5.41) is 4.26. The van der Waals surface area contributed by atoms with Gasteiger partial charge in [0.15, 0.2) is 5.65 Å². The van der Waals surface area contributed by atoms with Crippen LogP contribution < -0.4 is 10.6 Å². The van der Waals surface area contributed by atoms with Crippen molar-refractivity contribution in [2.45, 2.75) is 18.8 Å². The zero-order chi connectivity index (χ0) is 16.8. The van der Waals surface area contributed by atoms with Crippen molar-refractivity contribution in [1.82, 2.24) is 14.6 Å². The van der Waals surface area contributed by atoms with Crippen LogP contribution in [0.2, 0.25) is 0 Å². The van der Waals surface area contributed by atoms with E-state index in [1.807, 2.05) is 0 Å². The third kappa shape index (κ3) is 2.82. The number of hydrogen-bond acceptors (Lipinski definition) is 6. The van der Waals surface area contributed by atoms with Gasteiger partial charge in [0.2, 0.25) is 5.95 Å². The second-order valence-corrected chi connectivity index (χ2v) is 6.13. The van der Waals surface area contributed by atoms with Gasteiger partial charge in [-0.3, -0.25) is 0 Å². The van der Waals surface area contributed by atoms with Crippen LogP contribution in [0, 0.1) is 0 Å². The van der Waals surface area contributed by atoms with Gasteiger partial charge in [-0.25, -0.2) is 18.1 Å². The molecule has 0 saturated carbocycles. The maximum atomic E-state index is 13.3. The Kier molecular flexibility index (Phi) is 3.86. The molecular formula is C13H14BrF2N5O2. The molecule has 3 heterocycles. The SMILES string of the molecule is COC(=O)c1c(N)c(Br)cn2nc(N3CCC(F)(F)CC3)nc12. The number of pyridine rings is 1. The smallest absolute Gasteiger partial charge is 0.343 e. The first-order valence-corrected chi connectivity index (χ1v) is 7.67. The number of hydrogen-bond donors (Lipinski definition) is 1. The largest absolute Gasteiger partial charge is 0.465 e. The van der Waals surface area contributed by atoms with Gasteiger partial charge in [-0.1, -0.05) is 0 Å². The molecule has 0 unspecified atom stereocenters. The number of esters is 1. The molecule has 2 N–H and O–H groups in total. The molecule has 0 spiro atoms. The van der Waals surface area contributed by atoms with Crippen molar-refractivity contribution in [3.63, 3.8) is 0 Å². The van der Waals surface area contributed by atoms with Gasteiger partial charge in [0, 0.05) is 32.1 Å². The molecule has 0 aromatic carbocycles. The number of aromatic nitrogens is 3. The number of carbonyl (C=O) groups is 1. The Hall–Kier alpha value is -1.97. The molecule has 0 atom stereocenters. The summed E-state index contributed by atoms with van der Waals surface area (Å²) in [6.07, 6.45) is 1.06. The van der Waals surface area contributed by atoms with Crippen LogP contribution in [0.5, 0.6) is 0 Å². The molecule has 1 aliphatic heterocycles. The van der Waals surface area contributed by atoms with Crippen molar-refractivity contribution in [2.24, 2.45) is 0 Å². The Bertz CT molecular complexity index is 769. The number of anilines is 2. The third-order valence-electron chi connectivity index (χ3n) is 3.77. The van der Waals surface area contributed by atoms with Gasteiger partial charge >= 0.3 is 5.97 Å². The summed E-state index contributed by atoms with van der Waals surface area (Å²) in [4.78, 5) is 17.9. The van der Waals surface area contributed by atoms with E-state index in [1.165, 1.54) is 11.6 Å². The fourth-order valence-electron chi connectivity index (χ4n) is 2.46. The zero-order valence-corrected chi connectivity index (χ0v) is 13.8. The van der Waals surface area contributed by atoms with Gasteiger partial charge in [0.25, 0.3) is 5.92 Å². The van der Waals surface area contributed by atoms with Crippen LogP contribution in [0.3, 0.4) is 0 Å². The lowest BCUT2D eigenvalue weighted by molar-refractivity contribution is -0.0222. The molecule has 1 saturated heterocycles. The predicted molar refractivity (Wildman–Crippen MR) is 82.8 cm³/mol. The van der Waals surface area contributed by atoms with E-state index in [4.69, 9.17) is 10.5 Å². The van der Waals surface area contributed by atoms with E-state index in [1.54, 1.807) is 11.1 Å². The Morgan fingerprint density at radius 1 is 1.43 bits per heavy atom. The summed E-state index contributed by atoms with van der Waals surface area (Å²) < 4.78 is 33.1. The van der Waals surface area contributed by atoms with E-state index >= 15 is 0 Å². The van der Waals surface area contributed by atoms with Crippen molar-refractivity contribution in [3.8, 4) is 0 Å². The molecule has 0 aliphatic carbocycles. The average Bonchev–Trinajstić information content (AvgIpc) is 2.90. The minimum absolute atomic E-state index is 0.0861. The molecule has 1 fully saturated rings. The number of piperidine rings is 1. The number of alkyl halides is 2. The van der Waals surface area contributed by atoms with Gasteiger partial charge in [-0.05, 0) is 15.9 Å². The van der Waals surface area contributed by atoms with Crippen LogP contribution in [0.1, 0.15) is 23.2 Å². The summed E-state index contributed by atoms with van der Waals surface area (Å²) in [6, 6.07) is 0. The van der Waals surface area contributed by atoms with Crippen LogP contribution in [-0.2, 0) is 4.74 Å². The molecule has 23 heavy (non-hydrogen) atoms. The zero-order valence-electron chi connectivity index (χ0n) is 12.2. The fourth-order valence-corrected chi connectivity index (χ4v) is 2.85. The normalized spacial score (nSPS) is 17.5. The van der Waals surface area contributed by atoms with E-state index in [2.05, 4.69) is 26.0 Å². The minimum Gasteiger partial charge on any atom is -0.465 e. The van der Waals surface area contributed by atoms with Crippen molar-refractivity contribution < 1.29 is 18.3 Å². The lowest BCUT2D eigenvalue weighted by atomic mass is 10.1. The van der Waals surface area contributed by atoms with Gasteiger partial charge in [-0.15, -0.1) is 5.10 Å². The van der Waals surface area contributed by atoms with Crippen LogP contribution in [0.4, 0.5) is 20.4 Å². The lowest BCUT2D eigenvalue weighted by Gasteiger charge is -2.30. The quantitative estimate of drug-likeness (QED) is 0.791. The Labute approximate surface area is 138 Å². The first-order valence-electron chi connectivity index (χ1n) is 6.88. The number of carbonyl (C=O) groups excluding carboxylic acids is 1. The van der Waals surface area contributed by atoms with E-state index in [0.717, 1.165) is 0 Å². The average molecular weight is 390 g/mol. The predicted octanol–water partition coefficient (Wildman–Crippen LogP) is 2.10. The molecule has 0 radical (unpaired) electrons. The summed E-state index contributed by atoms with van der Waals surface area (Å²) in [6.45, 7) is 0.294. The van der Waals surface area contributed by atoms with E-state index in [9.17, 15) is 13.6 Å². The van der Waals surface area contributed by atoms with E-state index in [0.29, 0.717) is 4.47 Å². The highest BCUT2D eigenvalue weighted by molar-refractivity contribution is 9.10. The fraction of sp³-hybridized carbons (Fsp3) is 0.462. The third-order valence-corrected chi connectivity index (χ3v) is 4.41. The standard InChI is InChI=1S/C13H14BrF2N5O2/c1-23-11(22)8-9(17)7(14)6-21-10(8)18-12(19-21)20-4-2-13(15,16)3-5-20/h6H,2-5,17H2,1H3. The second-order valence-electron chi connectivity index (χ2n) is 5.28. The summed E-state index contributed by atoms with van der Waals surface area (Å²) in [7, 11) is 1.24. The minimum atomic E-state index is -2.65. The molecular weight excluding hydrogens is 376 g/mol. The first-order chi connectivity index (χ1) is 10.8. The van der Waals surface area contributed by atoms with Crippen LogP contribution >= 0.6 is 15.9 Å². The Morgan fingerprint density at radius 2 is 2.09 bits per heavy atom. The van der Waals surface area contributed by atoms with Crippen molar-refractivity contribution in [1.29, 1.82) is 0 Å². The molecule has 7 nitrogen and oxygen atoms in total. The van der Waals surface area contributed by atoms with E-state index < -0.39 is 11.9 Å². The van der Waals surface area contributed by atoms with Crippen LogP contribution in [0.25, 0.3) is 5.65 Å². The number of ether oxygens (including phenoxy) is 1. The first kappa shape index (κ1) is 15.9. The maximum absolute atomic E-state index is 13.3. The number of nitrogen functional groups attached to an aromatic ring is 1. The molecule has 0 amide bonds. The van der Waals surface area contributed by atoms with Crippen LogP contribution in [-0.4, -0.2) is 46.7 Å². The van der Waals surface area contributed by atoms with Crippen molar-refractivity contribution >= 4 is 39.2 Å². The Morgan fingerprint density at radius 3 is 2.70 bits per heavy atom. The topological polar surface area (TPSA) is 85.8 Å². The molecule has 2 aromatic rings. The number of fused-ring (bicyclic) bond motifs is 1. The summed E-state index contributed by atoms with van der Waals surface area (Å²) in [5.74, 6) is -3.01. The summed E-state index contributed by atoms with van der Waals surface area (Å²) >= 11 is 3.25. The number of halogens is 3. The molecule has 10 heteroatoms. The van der Waals surface area contributed by atoms with Gasteiger partial charge in [0.05, 0.1) is 17.3 Å². The van der Waals surface area contributed by atoms with Gasteiger partial charge in [-0.2, -0.15) is 4.98 Å². The maximum Gasteiger partial charge on any atom is 0.343 e. The Balaban J connectivity index is 2.04. The van der Waals surface area contributed by atoms with Gasteiger partial charge < -0.3 is 15.4 Å². The monoisotopic (exact) mass is 389 g/mol. The molecule has 1 aliphatic rings. The summed E-state index contributed by atoms with van der Waals surface area (Å²) in [5.41, 5.74) is 6.41. The number of methoxy groups -OCH3 is 1. The second kappa shape index (κ2) is 5.59. The highest BCUT2D eigenvalue weighted by atomic mass is 79.9. The van der Waals surface area contributed by atoms with Crippen molar-refractivity contribution in [2.75, 3.05) is 30.8 Å². The van der Waals surface area contributed by atoms with E-state index in [-0.39, 0.29) is 48.8 Å². The molecule has 3 rings (SSSR count). The number of rotatable bonds is 2. The number of nitrogens with two attached hydrogens (primary N) is 1. The number of nitrogens with zero attached hydrogens (tertiary/aromatic N) is 4. The molecule has 124 valence electrons. The highest BCUT2D eigenvalue weighted by Gasteiger charge is 2.35. The molecule has 2 aromatic heterocycles. The lowest BCUT2D eigenvalue weighted by Crippen LogP contribution is -2.39. The van der Waals surface area contributed by atoms with Gasteiger partial charge in [0.1, 0.15) is 5.56 Å². The highest BCUT2D eigenvalue weighted by Crippen LogP contribution is 2.31. The van der Waals surface area contributed by atoms with Crippen LogP contribution in [0.15, 0.2) is 10.7 Å².